The van der Waals surface area contributed by atoms with Crippen molar-refractivity contribution >= 4 is 96.2 Å². The van der Waals surface area contributed by atoms with Crippen molar-refractivity contribution in [2.24, 2.45) is 0 Å². The lowest BCUT2D eigenvalue weighted by Crippen LogP contribution is -2.61. The highest BCUT2D eigenvalue weighted by molar-refractivity contribution is 7.00. The van der Waals surface area contributed by atoms with E-state index in [1.165, 1.54) is 83.6 Å². The summed E-state index contributed by atoms with van der Waals surface area (Å²) in [5.41, 5.74) is 28.2. The second-order valence-corrected chi connectivity index (χ2v) is 27.6. The summed E-state index contributed by atoms with van der Waals surface area (Å²) in [4.78, 5) is 7.72. The van der Waals surface area contributed by atoms with Crippen LogP contribution in [0.25, 0.3) is 44.2 Å². The van der Waals surface area contributed by atoms with E-state index in [9.17, 15) is 0 Å². The Balaban J connectivity index is 1.11. The van der Waals surface area contributed by atoms with Crippen LogP contribution in [-0.4, -0.2) is 6.71 Å². The molecular formula is C78H76BN3O. The summed E-state index contributed by atoms with van der Waals surface area (Å²) in [5.74, 6) is 0. The van der Waals surface area contributed by atoms with Crippen LogP contribution in [0.3, 0.4) is 0 Å². The highest BCUT2D eigenvalue weighted by Gasteiger charge is 2.45. The Morgan fingerprint density at radius 2 is 0.940 bits per heavy atom. The van der Waals surface area contributed by atoms with Crippen LogP contribution in [-0.2, 0) is 21.7 Å². The molecule has 0 radical (unpaired) electrons. The van der Waals surface area contributed by atoms with E-state index in [1.807, 2.05) is 0 Å². The van der Waals surface area contributed by atoms with Gasteiger partial charge in [-0.25, -0.2) is 0 Å². The third-order valence-electron chi connectivity index (χ3n) is 17.7. The fourth-order valence-electron chi connectivity index (χ4n) is 13.1. The largest absolute Gasteiger partial charge is 0.455 e. The SMILES string of the molecule is Cc1cc(C(C)(C)C)cc(C)c1N1c2ccc(C(C)(C)C)cc2B2c3ccc(N(c4ccc(C(C)(C)C)cc4)c4ccccc4-c4ccccc4)cc3N(c3ccc(-c4cccc5c4oc4ccccc45)cc3)c3cc(C(C)(C)C)cc1c32. The van der Waals surface area contributed by atoms with E-state index in [0.717, 1.165) is 61.5 Å². The van der Waals surface area contributed by atoms with Crippen molar-refractivity contribution in [2.75, 3.05) is 14.7 Å². The van der Waals surface area contributed by atoms with E-state index >= 15 is 0 Å². The van der Waals surface area contributed by atoms with Gasteiger partial charge in [0.1, 0.15) is 11.2 Å². The fraction of sp³-hybridized carbons (Fsp3) is 0.231. The molecule has 0 bridgehead atoms. The predicted octanol–water partition coefficient (Wildman–Crippen LogP) is 20.3. The molecule has 5 heteroatoms. The first kappa shape index (κ1) is 53.8. The van der Waals surface area contributed by atoms with Crippen LogP contribution < -0.4 is 31.1 Å². The van der Waals surface area contributed by atoms with Gasteiger partial charge in [-0.1, -0.05) is 223 Å². The average Bonchev–Trinajstić information content (AvgIpc) is 1.34. The maximum atomic E-state index is 6.66. The molecule has 83 heavy (non-hydrogen) atoms. The first-order chi connectivity index (χ1) is 39.5. The molecule has 13 rings (SSSR count). The Hall–Kier alpha value is -8.54. The molecule has 3 heterocycles. The number of nitrogens with zero attached hydrogens (tertiary/aromatic N) is 3. The van der Waals surface area contributed by atoms with Crippen molar-refractivity contribution in [3.63, 3.8) is 0 Å². The van der Waals surface area contributed by atoms with E-state index in [1.54, 1.807) is 0 Å². The van der Waals surface area contributed by atoms with Crippen molar-refractivity contribution in [2.45, 2.75) is 119 Å². The second kappa shape index (κ2) is 19.6. The molecule has 0 amide bonds. The summed E-state index contributed by atoms with van der Waals surface area (Å²) in [5, 5.41) is 2.26. The van der Waals surface area contributed by atoms with Crippen molar-refractivity contribution in [1.29, 1.82) is 0 Å². The zero-order valence-corrected chi connectivity index (χ0v) is 51.0. The molecule has 11 aromatic rings. The minimum Gasteiger partial charge on any atom is -0.455 e. The van der Waals surface area contributed by atoms with E-state index < -0.39 is 0 Å². The second-order valence-electron chi connectivity index (χ2n) is 27.6. The Morgan fingerprint density at radius 3 is 1.61 bits per heavy atom. The van der Waals surface area contributed by atoms with E-state index in [-0.39, 0.29) is 28.4 Å². The highest BCUT2D eigenvalue weighted by atomic mass is 16.3. The lowest BCUT2D eigenvalue weighted by Gasteiger charge is -2.46. The van der Waals surface area contributed by atoms with Gasteiger partial charge in [-0.05, 0) is 163 Å². The lowest BCUT2D eigenvalue weighted by atomic mass is 9.33. The van der Waals surface area contributed by atoms with Crippen LogP contribution in [0, 0.1) is 13.8 Å². The minimum absolute atomic E-state index is 0.00183. The standard InChI is InChI=1S/C78H76BN3O/c1-49-43-55(77(9,10)11)44-50(2)73(49)82-67-42-35-54(76(6,7)8)45-65(67)79-64-41-40-59(80(57-38-33-53(34-39-57)75(3,4)5)66-29-20-18-25-60(66)51-23-16-15-17-24-51)48-68(64)81(69-46-56(78(12,13)14)47-70(82)72(69)79)58-36-31-52(32-37-58)61-27-22-28-63-62-26-19-21-30-71(62)83-74(61)63/h15-48H,1-14H3. The van der Waals surface area contributed by atoms with E-state index in [0.29, 0.717) is 0 Å². The molecule has 2 aliphatic heterocycles. The van der Waals surface area contributed by atoms with Crippen molar-refractivity contribution in [3.05, 3.63) is 240 Å². The molecule has 2 aliphatic rings. The third-order valence-corrected chi connectivity index (χ3v) is 17.7. The summed E-state index contributed by atoms with van der Waals surface area (Å²) in [6.45, 7) is 32.6. The predicted molar refractivity (Wildman–Crippen MR) is 358 cm³/mol. The molecule has 1 aromatic heterocycles. The molecule has 0 unspecified atom stereocenters. The molecule has 0 saturated heterocycles. The zero-order valence-electron chi connectivity index (χ0n) is 51.0. The lowest BCUT2D eigenvalue weighted by molar-refractivity contribution is 0.589. The minimum atomic E-state index is -0.191. The van der Waals surface area contributed by atoms with Crippen molar-refractivity contribution in [1.82, 2.24) is 0 Å². The number of benzene rings is 10. The van der Waals surface area contributed by atoms with E-state index in [4.69, 9.17) is 4.42 Å². The number of rotatable bonds is 7. The fourth-order valence-corrected chi connectivity index (χ4v) is 13.1. The maximum Gasteiger partial charge on any atom is 0.252 e. The van der Waals surface area contributed by atoms with Crippen LogP contribution in [0.1, 0.15) is 116 Å². The van der Waals surface area contributed by atoms with Crippen LogP contribution >= 0.6 is 0 Å². The van der Waals surface area contributed by atoms with Gasteiger partial charge in [-0.2, -0.15) is 0 Å². The Morgan fingerprint density at radius 1 is 0.386 bits per heavy atom. The Labute approximate surface area is 493 Å². The van der Waals surface area contributed by atoms with Gasteiger partial charge in [0, 0.05) is 61.7 Å². The van der Waals surface area contributed by atoms with Crippen LogP contribution in [0.4, 0.5) is 51.2 Å². The summed E-state index contributed by atoms with van der Waals surface area (Å²) in [6.07, 6.45) is 0. The van der Waals surface area contributed by atoms with Gasteiger partial charge in [-0.15, -0.1) is 0 Å². The quantitative estimate of drug-likeness (QED) is 0.148. The van der Waals surface area contributed by atoms with Gasteiger partial charge in [0.05, 0.1) is 11.4 Å². The van der Waals surface area contributed by atoms with Gasteiger partial charge in [0.2, 0.25) is 0 Å². The average molecular weight is 1080 g/mol. The summed E-state index contributed by atoms with van der Waals surface area (Å²) in [6, 6.07) is 77.8. The normalized spacial score (nSPS) is 13.3. The first-order valence-electron chi connectivity index (χ1n) is 29.8. The van der Waals surface area contributed by atoms with Crippen LogP contribution in [0.15, 0.2) is 211 Å². The molecule has 0 fully saturated rings. The molecule has 412 valence electrons. The van der Waals surface area contributed by atoms with Gasteiger partial charge in [-0.3, -0.25) is 0 Å². The summed E-state index contributed by atoms with van der Waals surface area (Å²) < 4.78 is 6.66. The van der Waals surface area contributed by atoms with Gasteiger partial charge in [0.15, 0.2) is 0 Å². The molecule has 0 spiro atoms. The van der Waals surface area contributed by atoms with Crippen LogP contribution in [0.2, 0.25) is 0 Å². The topological polar surface area (TPSA) is 22.9 Å². The zero-order chi connectivity index (χ0) is 58.1. The Bertz CT molecular complexity index is 4310. The third kappa shape index (κ3) is 9.24. The van der Waals surface area contributed by atoms with Gasteiger partial charge >= 0.3 is 0 Å². The molecule has 0 atom stereocenters. The number of hydrogen-bond donors (Lipinski definition) is 0. The Kier molecular flexibility index (Phi) is 12.7. The number of para-hydroxylation sites is 3. The molecular weight excluding hydrogens is 1010 g/mol. The number of hydrogen-bond acceptors (Lipinski definition) is 4. The van der Waals surface area contributed by atoms with Gasteiger partial charge < -0.3 is 19.1 Å². The molecule has 0 N–H and O–H groups in total. The number of furan rings is 1. The number of aryl methyl sites for hydroxylation is 2. The maximum absolute atomic E-state index is 6.66. The van der Waals surface area contributed by atoms with Crippen LogP contribution in [0.5, 0.6) is 0 Å². The number of anilines is 9. The molecule has 4 nitrogen and oxygen atoms in total. The van der Waals surface area contributed by atoms with Gasteiger partial charge in [0.25, 0.3) is 6.71 Å². The van der Waals surface area contributed by atoms with E-state index in [2.05, 4.69) is 318 Å². The molecule has 0 saturated carbocycles. The summed E-state index contributed by atoms with van der Waals surface area (Å²) >= 11 is 0. The van der Waals surface area contributed by atoms with Crippen molar-refractivity contribution in [3.8, 4) is 22.3 Å². The molecule has 10 aromatic carbocycles. The number of fused-ring (bicyclic) bond motifs is 7. The molecule has 0 aliphatic carbocycles. The monoisotopic (exact) mass is 1080 g/mol. The summed E-state index contributed by atoms with van der Waals surface area (Å²) in [7, 11) is 0. The first-order valence-corrected chi connectivity index (χ1v) is 29.8. The highest BCUT2D eigenvalue weighted by Crippen LogP contribution is 2.51. The van der Waals surface area contributed by atoms with Crippen molar-refractivity contribution < 1.29 is 4.42 Å². The smallest absolute Gasteiger partial charge is 0.252 e.